The Morgan fingerprint density at radius 2 is 1.89 bits per heavy atom. The lowest BCUT2D eigenvalue weighted by atomic mass is 9.40. The van der Waals surface area contributed by atoms with Crippen LogP contribution < -0.4 is 0 Å². The van der Waals surface area contributed by atoms with E-state index in [0.717, 1.165) is 0 Å². The molecule has 0 aromatic heterocycles. The third-order valence-corrected chi connectivity index (χ3v) is 9.76. The van der Waals surface area contributed by atoms with Gasteiger partial charge in [0, 0.05) is 27.7 Å². The molecule has 3 aliphatic carbocycles. The molecule has 1 N–H and O–H groups in total. The van der Waals surface area contributed by atoms with Gasteiger partial charge in [-0.2, -0.15) is 0 Å². The fraction of sp³-hybridized carbons (Fsp3) is 0.552. The van der Waals surface area contributed by atoms with Crippen LogP contribution in [0.4, 0.5) is 0 Å². The summed E-state index contributed by atoms with van der Waals surface area (Å²) in [5.74, 6) is -2.73. The molecule has 1 aliphatic heterocycles. The number of hydrogen-bond acceptors (Lipinski definition) is 8. The summed E-state index contributed by atoms with van der Waals surface area (Å²) in [7, 11) is 2.86. The molecule has 38 heavy (non-hydrogen) atoms. The zero-order chi connectivity index (χ0) is 27.7. The first-order valence-electron chi connectivity index (χ1n) is 12.8. The van der Waals surface area contributed by atoms with Gasteiger partial charge < -0.3 is 24.1 Å². The summed E-state index contributed by atoms with van der Waals surface area (Å²) < 4.78 is 23.1. The van der Waals surface area contributed by atoms with Gasteiger partial charge in [0.2, 0.25) is 17.9 Å². The third kappa shape index (κ3) is 3.53. The first kappa shape index (κ1) is 26.9. The van der Waals surface area contributed by atoms with E-state index in [4.69, 9.17) is 30.5 Å². The standard InChI is InChI=1S/C29H33ClO8/c1-13-10-18(35-5)25(33)28(3)17(13)12-19-29(4)20(14(2)23(36-6)22(32)24(28)29)21(31)27(37-19)38-26(34)15-8-7-9-16(30)11-15/h7-11,13,17,19-21,24,27,31H,12H2,1-6H3/t13-,17+,19-,20-,21-,24-,27?,28+,29+/m1/s1. The van der Waals surface area contributed by atoms with Crippen molar-refractivity contribution < 1.29 is 38.4 Å². The van der Waals surface area contributed by atoms with E-state index < -0.39 is 47.1 Å². The third-order valence-electron chi connectivity index (χ3n) is 9.52. The van der Waals surface area contributed by atoms with Gasteiger partial charge in [0.05, 0.1) is 25.9 Å². The normalized spacial score (nSPS) is 40.1. The van der Waals surface area contributed by atoms with Crippen molar-refractivity contribution in [2.75, 3.05) is 14.2 Å². The van der Waals surface area contributed by atoms with E-state index in [1.165, 1.54) is 20.3 Å². The Morgan fingerprint density at radius 1 is 1.18 bits per heavy atom. The topological polar surface area (TPSA) is 108 Å². The molecule has 9 heteroatoms. The smallest absolute Gasteiger partial charge is 0.340 e. The van der Waals surface area contributed by atoms with Gasteiger partial charge in [-0.3, -0.25) is 9.59 Å². The van der Waals surface area contributed by atoms with Gasteiger partial charge >= 0.3 is 5.97 Å². The highest BCUT2D eigenvalue weighted by atomic mass is 35.5. The number of fused-ring (bicyclic) bond motifs is 2. The predicted molar refractivity (Wildman–Crippen MR) is 137 cm³/mol. The molecule has 1 unspecified atom stereocenters. The van der Waals surface area contributed by atoms with Crippen molar-refractivity contribution in [3.8, 4) is 0 Å². The largest absolute Gasteiger partial charge is 0.493 e. The Balaban J connectivity index is 1.62. The maximum Gasteiger partial charge on any atom is 0.340 e. The van der Waals surface area contributed by atoms with Crippen molar-refractivity contribution in [2.24, 2.45) is 34.5 Å². The summed E-state index contributed by atoms with van der Waals surface area (Å²) in [5.41, 5.74) is -1.32. The van der Waals surface area contributed by atoms with Crippen molar-refractivity contribution >= 4 is 29.1 Å². The maximum atomic E-state index is 14.1. The molecule has 1 aromatic rings. The van der Waals surface area contributed by atoms with E-state index in [2.05, 4.69) is 0 Å². The number of benzene rings is 1. The van der Waals surface area contributed by atoms with E-state index in [9.17, 15) is 19.5 Å². The van der Waals surface area contributed by atoms with Crippen LogP contribution in [0, 0.1) is 34.5 Å². The van der Waals surface area contributed by atoms with E-state index in [-0.39, 0.29) is 40.5 Å². The zero-order valence-electron chi connectivity index (χ0n) is 22.3. The van der Waals surface area contributed by atoms with Crippen LogP contribution in [-0.4, -0.2) is 55.4 Å². The highest BCUT2D eigenvalue weighted by Gasteiger charge is 2.73. The first-order valence-corrected chi connectivity index (χ1v) is 13.2. The second-order valence-electron chi connectivity index (χ2n) is 11.3. The molecule has 1 heterocycles. The molecular weight excluding hydrogens is 512 g/mol. The number of ketones is 2. The van der Waals surface area contributed by atoms with E-state index in [1.54, 1.807) is 31.2 Å². The van der Waals surface area contributed by atoms with Gasteiger partial charge in [-0.05, 0) is 55.0 Å². The van der Waals surface area contributed by atoms with Crippen molar-refractivity contribution in [2.45, 2.75) is 52.6 Å². The lowest BCUT2D eigenvalue weighted by molar-refractivity contribution is -0.307. The Hall–Kier alpha value is -2.68. The molecule has 1 saturated heterocycles. The van der Waals surface area contributed by atoms with Gasteiger partial charge in [-0.1, -0.05) is 38.4 Å². The second-order valence-corrected chi connectivity index (χ2v) is 11.7. The minimum atomic E-state index is -1.31. The van der Waals surface area contributed by atoms with Crippen molar-refractivity contribution in [3.63, 3.8) is 0 Å². The van der Waals surface area contributed by atoms with Crippen molar-refractivity contribution in [3.05, 3.63) is 58.0 Å². The van der Waals surface area contributed by atoms with Crippen LogP contribution in [0.2, 0.25) is 5.02 Å². The molecule has 4 aliphatic rings. The van der Waals surface area contributed by atoms with Crippen LogP contribution >= 0.6 is 11.6 Å². The molecule has 0 amide bonds. The average Bonchev–Trinajstić information content (AvgIpc) is 2.86. The molecule has 5 rings (SSSR count). The molecule has 2 fully saturated rings. The Bertz CT molecular complexity index is 1270. The molecular formula is C29H33ClO8. The van der Waals surface area contributed by atoms with Crippen LogP contribution in [0.5, 0.6) is 0 Å². The van der Waals surface area contributed by atoms with Crippen LogP contribution in [-0.2, 0) is 28.5 Å². The molecule has 1 aromatic carbocycles. The summed E-state index contributed by atoms with van der Waals surface area (Å²) in [5, 5.41) is 12.0. The van der Waals surface area contributed by atoms with Gasteiger partial charge in [0.25, 0.3) is 0 Å². The Labute approximate surface area is 226 Å². The lowest BCUT2D eigenvalue weighted by Crippen LogP contribution is -2.72. The number of carbonyl (C=O) groups is 3. The SMILES string of the molecule is COC1=C[C@@H](C)[C@@H]2C[C@H]3OC(OC(=O)c4cccc(Cl)c4)[C@H](O)[C@H]4C(C)=C(OC)C(=O)[C@H]([C@@]2(C)C1=O)[C@]43C. The molecule has 8 nitrogen and oxygen atoms in total. The molecule has 0 spiro atoms. The van der Waals surface area contributed by atoms with E-state index in [0.29, 0.717) is 17.0 Å². The van der Waals surface area contributed by atoms with Crippen molar-refractivity contribution in [1.29, 1.82) is 0 Å². The number of carbonyl (C=O) groups excluding carboxylic acids is 3. The minimum absolute atomic E-state index is 0.0932. The highest BCUT2D eigenvalue weighted by Crippen LogP contribution is 2.67. The van der Waals surface area contributed by atoms with E-state index in [1.807, 2.05) is 20.8 Å². The number of aliphatic hydroxyl groups excluding tert-OH is 1. The summed E-state index contributed by atoms with van der Waals surface area (Å²) in [4.78, 5) is 41.0. The minimum Gasteiger partial charge on any atom is -0.493 e. The summed E-state index contributed by atoms with van der Waals surface area (Å²) in [6.07, 6.45) is -0.957. The maximum absolute atomic E-state index is 14.1. The number of ether oxygens (including phenoxy) is 4. The number of rotatable bonds is 4. The fourth-order valence-corrected chi connectivity index (χ4v) is 8.12. The molecule has 204 valence electrons. The Morgan fingerprint density at radius 3 is 2.53 bits per heavy atom. The van der Waals surface area contributed by atoms with Gasteiger partial charge in [-0.25, -0.2) is 4.79 Å². The molecule has 1 saturated carbocycles. The van der Waals surface area contributed by atoms with Gasteiger partial charge in [-0.15, -0.1) is 0 Å². The summed E-state index contributed by atoms with van der Waals surface area (Å²) in [6.45, 7) is 7.46. The first-order chi connectivity index (χ1) is 17.9. The number of hydrogen-bond donors (Lipinski definition) is 1. The van der Waals surface area contributed by atoms with Crippen LogP contribution in [0.25, 0.3) is 0 Å². The van der Waals surface area contributed by atoms with E-state index >= 15 is 0 Å². The highest BCUT2D eigenvalue weighted by molar-refractivity contribution is 6.30. The molecule has 0 radical (unpaired) electrons. The van der Waals surface area contributed by atoms with Gasteiger partial charge in [0.15, 0.2) is 11.5 Å². The summed E-state index contributed by atoms with van der Waals surface area (Å²) in [6, 6.07) is 6.32. The zero-order valence-corrected chi connectivity index (χ0v) is 23.1. The van der Waals surface area contributed by atoms with Crippen LogP contribution in [0.15, 0.2) is 47.4 Å². The number of halogens is 1. The number of aliphatic hydroxyl groups is 1. The molecule has 9 atom stereocenters. The second kappa shape index (κ2) is 9.21. The van der Waals surface area contributed by atoms with Crippen LogP contribution in [0.3, 0.4) is 0 Å². The Kier molecular flexibility index (Phi) is 6.52. The number of methoxy groups -OCH3 is 2. The summed E-state index contributed by atoms with van der Waals surface area (Å²) >= 11 is 6.05. The monoisotopic (exact) mass is 544 g/mol. The molecule has 0 bridgehead atoms. The van der Waals surface area contributed by atoms with Crippen molar-refractivity contribution in [1.82, 2.24) is 0 Å². The lowest BCUT2D eigenvalue weighted by Gasteiger charge is -2.66. The number of esters is 1. The fourth-order valence-electron chi connectivity index (χ4n) is 7.93. The predicted octanol–water partition coefficient (Wildman–Crippen LogP) is 4.10. The average molecular weight is 545 g/mol. The number of Topliss-reactive ketones (excluding diaryl/α,β-unsaturated/α-hetero) is 2. The quantitative estimate of drug-likeness (QED) is 0.564. The number of allylic oxidation sites excluding steroid dienone is 3. The van der Waals surface area contributed by atoms with Crippen LogP contribution in [0.1, 0.15) is 44.5 Å². The van der Waals surface area contributed by atoms with Gasteiger partial charge in [0.1, 0.15) is 6.10 Å².